The number of ether oxygens (including phenoxy) is 1. The van der Waals surface area contributed by atoms with Gasteiger partial charge < -0.3 is 20.1 Å². The highest BCUT2D eigenvalue weighted by Crippen LogP contribution is 2.27. The van der Waals surface area contributed by atoms with Crippen LogP contribution < -0.4 is 10.1 Å². The molecule has 2 N–H and O–H groups in total. The molecule has 0 amide bonds. The topological polar surface area (TPSA) is 44.7 Å². The Hall–Kier alpha value is -3.08. The minimum Gasteiger partial charge on any atom is -0.490 e. The first-order valence-electron chi connectivity index (χ1n) is 11.5. The maximum Gasteiger partial charge on any atom is 0.127 e. The van der Waals surface area contributed by atoms with E-state index >= 15 is 0 Å². The first kappa shape index (κ1) is 20.8. The molecule has 1 aliphatic heterocycles. The monoisotopic (exact) mass is 426 g/mol. The molecular weight excluding hydrogens is 396 g/mol. The van der Waals surface area contributed by atoms with Gasteiger partial charge in [-0.05, 0) is 35.7 Å². The molecule has 1 heterocycles. The summed E-state index contributed by atoms with van der Waals surface area (Å²) in [6.07, 6.45) is 1.64. The van der Waals surface area contributed by atoms with E-state index in [4.69, 9.17) is 4.74 Å². The summed E-state index contributed by atoms with van der Waals surface area (Å²) in [4.78, 5) is 2.35. The number of piperidine rings is 1. The van der Waals surface area contributed by atoms with Gasteiger partial charge in [0.1, 0.15) is 18.5 Å². The molecule has 0 unspecified atom stereocenters. The van der Waals surface area contributed by atoms with Crippen LogP contribution in [-0.4, -0.2) is 48.4 Å². The van der Waals surface area contributed by atoms with Crippen molar-refractivity contribution in [2.24, 2.45) is 0 Å². The summed E-state index contributed by atoms with van der Waals surface area (Å²) in [5.74, 6) is 0.833. The Bertz CT molecular complexity index is 1170. The fourth-order valence-corrected chi connectivity index (χ4v) is 4.69. The Morgan fingerprint density at radius 1 is 0.812 bits per heavy atom. The first-order chi connectivity index (χ1) is 15.8. The van der Waals surface area contributed by atoms with Crippen LogP contribution in [0.4, 0.5) is 5.69 Å². The molecule has 1 fully saturated rings. The van der Waals surface area contributed by atoms with Crippen molar-refractivity contribution in [1.82, 2.24) is 4.90 Å². The molecular formula is C28H30N2O2. The van der Waals surface area contributed by atoms with Crippen LogP contribution in [0.15, 0.2) is 84.9 Å². The standard InChI is InChI=1S/C28H30N2O2/c31-24(20-32-28-14-6-10-22-8-2-4-12-26(22)28)19-30-17-15-23(16-18-30)29-27-13-5-9-21-7-1-3-11-25(21)27/h1-14,23-24,29,31H,15-20H2/t24-/m0/s1. The van der Waals surface area contributed by atoms with Gasteiger partial charge in [0.15, 0.2) is 0 Å². The zero-order chi connectivity index (χ0) is 21.8. The number of nitrogens with one attached hydrogen (secondary N) is 1. The van der Waals surface area contributed by atoms with E-state index in [9.17, 15) is 5.11 Å². The number of anilines is 1. The summed E-state index contributed by atoms with van der Waals surface area (Å²) >= 11 is 0. The van der Waals surface area contributed by atoms with Crippen LogP contribution in [0, 0.1) is 0 Å². The molecule has 4 aromatic rings. The van der Waals surface area contributed by atoms with Crippen molar-refractivity contribution >= 4 is 27.2 Å². The number of hydrogen-bond acceptors (Lipinski definition) is 4. The van der Waals surface area contributed by atoms with E-state index in [-0.39, 0.29) is 0 Å². The van der Waals surface area contributed by atoms with E-state index in [2.05, 4.69) is 70.9 Å². The van der Waals surface area contributed by atoms with E-state index in [1.165, 1.54) is 16.5 Å². The lowest BCUT2D eigenvalue weighted by Gasteiger charge is -2.34. The number of hydrogen-bond donors (Lipinski definition) is 2. The number of fused-ring (bicyclic) bond motifs is 2. The number of nitrogens with zero attached hydrogens (tertiary/aromatic N) is 1. The van der Waals surface area contributed by atoms with Crippen molar-refractivity contribution in [2.75, 3.05) is 31.6 Å². The van der Waals surface area contributed by atoms with E-state index < -0.39 is 6.10 Å². The third-order valence-corrected chi connectivity index (χ3v) is 6.39. The summed E-state index contributed by atoms with van der Waals surface area (Å²) in [5.41, 5.74) is 1.21. The number of likely N-dealkylation sites (tertiary alicyclic amines) is 1. The zero-order valence-electron chi connectivity index (χ0n) is 18.3. The highest BCUT2D eigenvalue weighted by atomic mass is 16.5. The van der Waals surface area contributed by atoms with Crippen LogP contribution in [-0.2, 0) is 0 Å². The van der Waals surface area contributed by atoms with Gasteiger partial charge >= 0.3 is 0 Å². The molecule has 4 aromatic carbocycles. The van der Waals surface area contributed by atoms with Gasteiger partial charge in [0.25, 0.3) is 0 Å². The molecule has 5 rings (SSSR count). The Kier molecular flexibility index (Phi) is 6.24. The van der Waals surface area contributed by atoms with E-state index in [0.29, 0.717) is 19.2 Å². The summed E-state index contributed by atoms with van der Waals surface area (Å²) < 4.78 is 5.97. The normalized spacial score (nSPS) is 16.3. The van der Waals surface area contributed by atoms with E-state index in [1.54, 1.807) is 0 Å². The minimum absolute atomic E-state index is 0.308. The third kappa shape index (κ3) is 4.72. The summed E-state index contributed by atoms with van der Waals surface area (Å²) in [6, 6.07) is 29.6. The van der Waals surface area contributed by atoms with Crippen molar-refractivity contribution in [1.29, 1.82) is 0 Å². The van der Waals surface area contributed by atoms with Gasteiger partial charge in [0.2, 0.25) is 0 Å². The molecule has 1 atom stereocenters. The van der Waals surface area contributed by atoms with Crippen LogP contribution in [0.5, 0.6) is 5.75 Å². The van der Waals surface area contributed by atoms with E-state index in [0.717, 1.165) is 42.5 Å². The molecule has 164 valence electrons. The van der Waals surface area contributed by atoms with Gasteiger partial charge in [-0.15, -0.1) is 0 Å². The van der Waals surface area contributed by atoms with Crippen molar-refractivity contribution in [2.45, 2.75) is 25.0 Å². The lowest BCUT2D eigenvalue weighted by molar-refractivity contribution is 0.0610. The predicted octanol–water partition coefficient (Wildman–Crippen LogP) is 5.31. The molecule has 4 heteroatoms. The quantitative estimate of drug-likeness (QED) is 0.420. The minimum atomic E-state index is -0.503. The van der Waals surface area contributed by atoms with Crippen LogP contribution in [0.3, 0.4) is 0 Å². The predicted molar refractivity (Wildman–Crippen MR) is 132 cm³/mol. The molecule has 0 bridgehead atoms. The van der Waals surface area contributed by atoms with Gasteiger partial charge in [0, 0.05) is 42.1 Å². The molecule has 1 saturated heterocycles. The second kappa shape index (κ2) is 9.60. The number of aliphatic hydroxyl groups excluding tert-OH is 1. The maximum atomic E-state index is 10.6. The lowest BCUT2D eigenvalue weighted by Crippen LogP contribution is -2.43. The maximum absolute atomic E-state index is 10.6. The Balaban J connectivity index is 1.11. The van der Waals surface area contributed by atoms with Gasteiger partial charge in [-0.1, -0.05) is 72.8 Å². The van der Waals surface area contributed by atoms with Crippen LogP contribution >= 0.6 is 0 Å². The number of aliphatic hydroxyl groups is 1. The molecule has 0 aliphatic carbocycles. The largest absolute Gasteiger partial charge is 0.490 e. The van der Waals surface area contributed by atoms with Crippen LogP contribution in [0.25, 0.3) is 21.5 Å². The SMILES string of the molecule is O[C@H](COc1cccc2ccccc12)CN1CCC(Nc2cccc3ccccc23)CC1. The molecule has 0 aromatic heterocycles. The lowest BCUT2D eigenvalue weighted by atomic mass is 10.0. The summed E-state index contributed by atoms with van der Waals surface area (Å²) in [6.45, 7) is 2.91. The smallest absolute Gasteiger partial charge is 0.127 e. The average molecular weight is 427 g/mol. The fraction of sp³-hybridized carbons (Fsp3) is 0.286. The van der Waals surface area contributed by atoms with Crippen molar-refractivity contribution in [3.63, 3.8) is 0 Å². The fourth-order valence-electron chi connectivity index (χ4n) is 4.69. The van der Waals surface area contributed by atoms with Gasteiger partial charge in [-0.2, -0.15) is 0 Å². The summed E-state index contributed by atoms with van der Waals surface area (Å²) in [7, 11) is 0. The van der Waals surface area contributed by atoms with Gasteiger partial charge in [-0.25, -0.2) is 0 Å². The van der Waals surface area contributed by atoms with Crippen molar-refractivity contribution in [3.05, 3.63) is 84.9 Å². The molecule has 32 heavy (non-hydrogen) atoms. The molecule has 0 radical (unpaired) electrons. The molecule has 1 aliphatic rings. The van der Waals surface area contributed by atoms with Gasteiger partial charge in [-0.3, -0.25) is 0 Å². The Labute approximate surface area is 189 Å². The summed E-state index contributed by atoms with van der Waals surface area (Å²) in [5, 5.41) is 19.1. The van der Waals surface area contributed by atoms with Crippen molar-refractivity contribution in [3.8, 4) is 5.75 Å². The number of rotatable bonds is 7. The van der Waals surface area contributed by atoms with Crippen LogP contribution in [0.1, 0.15) is 12.8 Å². The van der Waals surface area contributed by atoms with Crippen molar-refractivity contribution < 1.29 is 9.84 Å². The first-order valence-corrected chi connectivity index (χ1v) is 11.5. The average Bonchev–Trinajstić information content (AvgIpc) is 2.84. The molecule has 0 spiro atoms. The van der Waals surface area contributed by atoms with Gasteiger partial charge in [0.05, 0.1) is 0 Å². The number of benzene rings is 4. The second-order valence-electron chi connectivity index (χ2n) is 8.69. The van der Waals surface area contributed by atoms with E-state index in [1.807, 2.05) is 24.3 Å². The number of β-amino-alcohol motifs (C(OH)–C–C–N with tert-alkyl or cyclic N) is 1. The Morgan fingerprint density at radius 2 is 1.44 bits per heavy atom. The second-order valence-corrected chi connectivity index (χ2v) is 8.69. The molecule has 4 nitrogen and oxygen atoms in total. The highest BCUT2D eigenvalue weighted by Gasteiger charge is 2.21. The Morgan fingerprint density at radius 3 is 2.22 bits per heavy atom. The zero-order valence-corrected chi connectivity index (χ0v) is 18.3. The highest BCUT2D eigenvalue weighted by molar-refractivity contribution is 5.93. The molecule has 0 saturated carbocycles. The van der Waals surface area contributed by atoms with Crippen LogP contribution in [0.2, 0.25) is 0 Å². The third-order valence-electron chi connectivity index (χ3n) is 6.39.